The third kappa shape index (κ3) is 11.6. The summed E-state index contributed by atoms with van der Waals surface area (Å²) in [5.74, 6) is 0.622. The molecule has 0 N–H and O–H groups in total. The molecule has 2 atom stereocenters. The molecule has 0 nitrogen and oxygen atoms in total. The molecule has 0 saturated heterocycles. The van der Waals surface area contributed by atoms with Crippen molar-refractivity contribution in [2.45, 2.75) is 144 Å². The van der Waals surface area contributed by atoms with E-state index in [0.717, 1.165) is 134 Å². The van der Waals surface area contributed by atoms with Gasteiger partial charge in [0.1, 0.15) is 0 Å². The van der Waals surface area contributed by atoms with Gasteiger partial charge >= 0.3 is 396 Å². The van der Waals surface area contributed by atoms with E-state index in [-0.39, 0.29) is 66.5 Å². The fraction of sp³-hybridized carbons (Fsp3) is 0.481. The average Bonchev–Trinajstić information content (AvgIpc) is 3.57. The molecular formula is C54H60Cl2F12SiZr. The second-order valence-corrected chi connectivity index (χ2v) is 49.3. The molecule has 0 spiro atoms. The summed E-state index contributed by atoms with van der Waals surface area (Å²) in [6.07, 6.45) is -1.27. The monoisotopic (exact) mass is 1120 g/mol. The molecule has 382 valence electrons. The molecule has 2 fully saturated rings. The molecule has 8 rings (SSSR count). The summed E-state index contributed by atoms with van der Waals surface area (Å²) >= 11 is -4.85. The van der Waals surface area contributed by atoms with Crippen molar-refractivity contribution in [2.75, 3.05) is 0 Å². The standard InChI is InChI=1S/2C25H23F6.C3H7.CH3.2ClH.H2Si.Zr/c2*26-24(27,28)20-13-19(14-21(15-20)25(29,30)31)22-9-5-8-18-11-17(12-23(18)22)10-16-6-3-1-2-4-7-16;1-3-2;;;;;/h2*5,8-9,11-16H,1-4,6-7,10H2;1,3H2,2H3;1H3;2*1H;1H2;. The first-order valence-electron chi connectivity index (χ1n) is 24.2. The van der Waals surface area contributed by atoms with Gasteiger partial charge in [-0.25, -0.2) is 0 Å². The quantitative estimate of drug-likeness (QED) is 0.0843. The van der Waals surface area contributed by atoms with Crippen LogP contribution in [0, 0.1) is 11.8 Å². The molecule has 2 unspecified atom stereocenters. The van der Waals surface area contributed by atoms with E-state index < -0.39 is 64.4 Å². The van der Waals surface area contributed by atoms with E-state index in [4.69, 9.17) is 0 Å². The van der Waals surface area contributed by atoms with Gasteiger partial charge in [0, 0.05) is 0 Å². The van der Waals surface area contributed by atoms with Crippen LogP contribution >= 0.6 is 24.8 Å². The predicted octanol–water partition coefficient (Wildman–Crippen LogP) is 19.4. The Hall–Kier alpha value is -2.80. The third-order valence-electron chi connectivity index (χ3n) is 15.8. The van der Waals surface area contributed by atoms with Crippen LogP contribution < -0.4 is 0 Å². The minimum absolute atomic E-state index is 0. The molecule has 0 radical (unpaired) electrons. The summed E-state index contributed by atoms with van der Waals surface area (Å²) in [7, 11) is 0. The van der Waals surface area contributed by atoms with Crippen molar-refractivity contribution in [3.8, 4) is 22.3 Å². The Labute approximate surface area is 417 Å². The zero-order chi connectivity index (χ0) is 49.1. The second-order valence-electron chi connectivity index (χ2n) is 20.9. The van der Waals surface area contributed by atoms with E-state index in [1.165, 1.54) is 0 Å². The van der Waals surface area contributed by atoms with Gasteiger partial charge < -0.3 is 0 Å². The SMILES string of the molecule is CC[CH2][Zr]([CH3])(=[SiH2])([CH]1C(CC2CCCCCC2)=Cc2c(-c3cc(C(F)(F)F)cc(C(F)(F)F)c3)cccc21)[CH]1C(CC2CCCCCC2)=Cc2c(-c3cc(C(F)(F)F)cc(C(F)(F)F)c3)cccc21.Cl.Cl. The zero-order valence-corrected chi connectivity index (χ0v) is 44.8. The smallest absolute Gasteiger partial charge is 0.147 e. The van der Waals surface area contributed by atoms with Crippen molar-refractivity contribution >= 4 is 43.8 Å². The average molecular weight is 1130 g/mol. The van der Waals surface area contributed by atoms with Crippen LogP contribution in [0.5, 0.6) is 0 Å². The molecule has 16 heteroatoms. The Balaban J connectivity index is 0.00000402. The van der Waals surface area contributed by atoms with Crippen molar-refractivity contribution in [3.05, 3.63) is 128 Å². The maximum absolute atomic E-state index is 14.4. The minimum atomic E-state index is -5.04. The van der Waals surface area contributed by atoms with Crippen molar-refractivity contribution in [1.29, 1.82) is 0 Å². The summed E-state index contributed by atoms with van der Waals surface area (Å²) in [5, 5.41) is 0. The molecular weight excluding hydrogens is 1070 g/mol. The second kappa shape index (κ2) is 21.2. The number of alkyl halides is 12. The maximum atomic E-state index is 14.4. The van der Waals surface area contributed by atoms with Crippen LogP contribution in [0.25, 0.3) is 34.4 Å². The largest absolute Gasteiger partial charge is 0.147 e. The number of benzene rings is 4. The van der Waals surface area contributed by atoms with E-state index >= 15 is 0 Å². The van der Waals surface area contributed by atoms with Crippen LogP contribution in [0.2, 0.25) is 8.76 Å². The van der Waals surface area contributed by atoms with Crippen molar-refractivity contribution in [1.82, 2.24) is 0 Å². The molecule has 0 amide bonds. The van der Waals surface area contributed by atoms with E-state index in [9.17, 15) is 52.7 Å². The van der Waals surface area contributed by atoms with Crippen LogP contribution in [0.3, 0.4) is 0 Å². The van der Waals surface area contributed by atoms with Crippen LogP contribution in [0.4, 0.5) is 52.7 Å². The van der Waals surface area contributed by atoms with Gasteiger partial charge in [-0.1, -0.05) is 0 Å². The Morgan fingerprint density at radius 3 is 1.09 bits per heavy atom. The summed E-state index contributed by atoms with van der Waals surface area (Å²) in [6, 6.07) is 14.2. The maximum Gasteiger partial charge on any atom is -0.147 e. The fourth-order valence-electron chi connectivity index (χ4n) is 13.0. The van der Waals surface area contributed by atoms with Crippen molar-refractivity contribution in [2.24, 2.45) is 11.8 Å². The Bertz CT molecular complexity index is 2420. The number of fused-ring (bicyclic) bond motifs is 2. The number of allylic oxidation sites excluding steroid dienone is 2. The Morgan fingerprint density at radius 2 is 0.800 bits per heavy atom. The molecule has 70 heavy (non-hydrogen) atoms. The molecule has 0 aliphatic heterocycles. The van der Waals surface area contributed by atoms with Gasteiger partial charge in [0.25, 0.3) is 0 Å². The van der Waals surface area contributed by atoms with E-state index in [1.807, 2.05) is 12.1 Å². The molecule has 0 bridgehead atoms. The summed E-state index contributed by atoms with van der Waals surface area (Å²) in [4.78, 5) is 0. The van der Waals surface area contributed by atoms with Gasteiger partial charge in [0.2, 0.25) is 0 Å². The number of hydrogen-bond donors (Lipinski definition) is 0. The van der Waals surface area contributed by atoms with Crippen molar-refractivity contribution in [3.63, 3.8) is 0 Å². The Morgan fingerprint density at radius 1 is 0.486 bits per heavy atom. The normalized spacial score (nSPS) is 19.8. The molecule has 4 aliphatic rings. The molecule has 2 saturated carbocycles. The Kier molecular flexibility index (Phi) is 17.1. The first-order valence-corrected chi connectivity index (χ1v) is 37.1. The zero-order valence-electron chi connectivity index (χ0n) is 39.3. The summed E-state index contributed by atoms with van der Waals surface area (Å²) in [6.45, 7) is 4.20. The first kappa shape index (κ1) is 56.5. The topological polar surface area (TPSA) is 0 Å². The minimum Gasteiger partial charge on any atom is -0.147 e. The molecule has 4 aromatic carbocycles. The molecule has 0 heterocycles. The van der Waals surface area contributed by atoms with E-state index in [0.29, 0.717) is 35.8 Å². The number of halogens is 14. The predicted molar refractivity (Wildman–Crippen MR) is 261 cm³/mol. The number of hydrogen-bond acceptors (Lipinski definition) is 0. The van der Waals surface area contributed by atoms with Crippen LogP contribution in [0.15, 0.2) is 83.9 Å². The number of rotatable bonds is 10. The van der Waals surface area contributed by atoms with Crippen molar-refractivity contribution < 1.29 is 70.1 Å². The molecule has 4 aliphatic carbocycles. The van der Waals surface area contributed by atoms with Gasteiger partial charge in [0.15, 0.2) is 0 Å². The molecule has 4 aromatic rings. The first-order chi connectivity index (χ1) is 31.9. The van der Waals surface area contributed by atoms with E-state index in [2.05, 4.69) is 30.6 Å². The summed E-state index contributed by atoms with van der Waals surface area (Å²) < 4.78 is 175. The van der Waals surface area contributed by atoms with Gasteiger partial charge in [-0.15, -0.1) is 24.8 Å². The van der Waals surface area contributed by atoms with Crippen LogP contribution in [-0.2, 0) is 42.1 Å². The van der Waals surface area contributed by atoms with Gasteiger partial charge in [-0.2, -0.15) is 0 Å². The van der Waals surface area contributed by atoms with Crippen LogP contribution in [-0.4, -0.2) is 6.88 Å². The summed E-state index contributed by atoms with van der Waals surface area (Å²) in [5.41, 5.74) is -0.133. The van der Waals surface area contributed by atoms with Crippen LogP contribution in [0.1, 0.15) is 155 Å². The molecule has 0 aromatic heterocycles. The van der Waals surface area contributed by atoms with E-state index in [1.54, 1.807) is 24.3 Å². The third-order valence-corrected chi connectivity index (χ3v) is 39.3. The van der Waals surface area contributed by atoms with Gasteiger partial charge in [-0.3, -0.25) is 0 Å². The fourth-order valence-corrected chi connectivity index (χ4v) is 38.8. The van der Waals surface area contributed by atoms with Gasteiger partial charge in [-0.05, 0) is 0 Å². The van der Waals surface area contributed by atoms with Gasteiger partial charge in [0.05, 0.1) is 0 Å².